The van der Waals surface area contributed by atoms with E-state index in [1.807, 2.05) is 0 Å². The van der Waals surface area contributed by atoms with Crippen LogP contribution >= 0.6 is 0 Å². The maximum absolute atomic E-state index is 12.2. The van der Waals surface area contributed by atoms with Gasteiger partial charge in [-0.15, -0.1) is 0 Å². The van der Waals surface area contributed by atoms with E-state index in [-0.39, 0.29) is 31.8 Å². The first kappa shape index (κ1) is 25.8. The number of likely N-dealkylation sites (tertiary alicyclic amines) is 1. The molecule has 166 valence electrons. The molecule has 0 unspecified atom stereocenters. The third-order valence-corrected chi connectivity index (χ3v) is 3.83. The summed E-state index contributed by atoms with van der Waals surface area (Å²) >= 11 is 0. The Morgan fingerprint density at radius 2 is 1.86 bits per heavy atom. The van der Waals surface area contributed by atoms with Gasteiger partial charge in [-0.05, 0) is 19.3 Å². The third-order valence-electron chi connectivity index (χ3n) is 3.83. The number of guanidine groups is 1. The van der Waals surface area contributed by atoms with Crippen LogP contribution in [0.4, 0.5) is 13.2 Å². The second-order valence-corrected chi connectivity index (χ2v) is 5.86. The lowest BCUT2D eigenvalue weighted by molar-refractivity contribution is -0.576. The van der Waals surface area contributed by atoms with Crippen molar-refractivity contribution in [2.75, 3.05) is 13.1 Å². The second-order valence-electron chi connectivity index (χ2n) is 5.86. The zero-order valence-electron chi connectivity index (χ0n) is 14.9. The number of nitrogens with two attached hydrogens (primary N) is 2. The largest absolute Gasteiger partial charge is 0.490 e. The van der Waals surface area contributed by atoms with Gasteiger partial charge in [-0.25, -0.2) is 9.59 Å². The summed E-state index contributed by atoms with van der Waals surface area (Å²) in [7, 11) is 0. The molecule has 0 bridgehead atoms. The van der Waals surface area contributed by atoms with Crippen molar-refractivity contribution >= 4 is 23.8 Å². The molecule has 16 heteroatoms. The number of nitrogens with one attached hydrogen (secondary N) is 2. The smallest absolute Gasteiger partial charge is 0.475 e. The summed E-state index contributed by atoms with van der Waals surface area (Å²) < 4.78 is 31.7. The molecule has 0 aliphatic carbocycles. The Bertz CT molecular complexity index is 643. The molecule has 13 nitrogen and oxygen atoms in total. The number of rotatable bonds is 7. The summed E-state index contributed by atoms with van der Waals surface area (Å²) in [4.78, 5) is 43.4. The fraction of sp³-hybridized carbons (Fsp3) is 0.692. The summed E-state index contributed by atoms with van der Waals surface area (Å²) in [6, 6.07) is -1.04. The molecule has 0 saturated carbocycles. The molecule has 1 rings (SSSR count). The molecule has 0 spiro atoms. The van der Waals surface area contributed by atoms with Gasteiger partial charge < -0.3 is 27.0 Å². The molecule has 1 fully saturated rings. The van der Waals surface area contributed by atoms with E-state index >= 15 is 0 Å². The standard InChI is InChI=1S/C11H20N6O5.C2HF3O2/c12-7(3-1-5-15-10(13)14)8(18)16-6-2-4-11(16,9(19)20)17(21)22;3-2(4,5)1(6)7/h7H,1-6,12H2,(H,19,20)(H4,13,14,15);(H,6,7)/t7-,11+;/m0./s1. The lowest BCUT2D eigenvalue weighted by Crippen LogP contribution is -2.61. The van der Waals surface area contributed by atoms with Crippen molar-refractivity contribution in [2.24, 2.45) is 11.5 Å². The Morgan fingerprint density at radius 3 is 2.24 bits per heavy atom. The molecule has 1 amide bonds. The van der Waals surface area contributed by atoms with Crippen molar-refractivity contribution in [3.63, 3.8) is 0 Å². The van der Waals surface area contributed by atoms with Crippen molar-refractivity contribution < 1.29 is 42.7 Å². The number of carbonyl (C=O) groups excluding carboxylic acids is 1. The Balaban J connectivity index is 0.000000956. The summed E-state index contributed by atoms with van der Waals surface area (Å²) in [5, 5.41) is 37.0. The highest BCUT2D eigenvalue weighted by Gasteiger charge is 2.61. The Kier molecular flexibility index (Phi) is 9.26. The van der Waals surface area contributed by atoms with Gasteiger partial charge in [0.25, 0.3) is 0 Å². The minimum absolute atomic E-state index is 0.00842. The Labute approximate surface area is 161 Å². The lowest BCUT2D eigenvalue weighted by atomic mass is 10.1. The van der Waals surface area contributed by atoms with Gasteiger partial charge >= 0.3 is 23.8 Å². The minimum atomic E-state index is -5.08. The number of aliphatic carboxylic acids is 2. The van der Waals surface area contributed by atoms with E-state index in [0.717, 1.165) is 4.90 Å². The fourth-order valence-corrected chi connectivity index (χ4v) is 2.46. The molecule has 8 N–H and O–H groups in total. The van der Waals surface area contributed by atoms with E-state index in [0.29, 0.717) is 13.0 Å². The van der Waals surface area contributed by atoms with Crippen LogP contribution < -0.4 is 16.8 Å². The van der Waals surface area contributed by atoms with Gasteiger partial charge in [-0.2, -0.15) is 13.2 Å². The van der Waals surface area contributed by atoms with Gasteiger partial charge in [0.1, 0.15) is 0 Å². The molecule has 1 aliphatic rings. The summed E-state index contributed by atoms with van der Waals surface area (Å²) in [6.07, 6.45) is -4.47. The van der Waals surface area contributed by atoms with Gasteiger partial charge in [0.15, 0.2) is 5.96 Å². The first-order chi connectivity index (χ1) is 13.2. The van der Waals surface area contributed by atoms with Gasteiger partial charge in [0.05, 0.1) is 17.4 Å². The lowest BCUT2D eigenvalue weighted by Gasteiger charge is -2.28. The number of hydrogen-bond acceptors (Lipinski definition) is 7. The number of nitrogens with zero attached hydrogens (tertiary/aromatic N) is 2. The number of nitro groups is 1. The van der Waals surface area contributed by atoms with Crippen LogP contribution in [0, 0.1) is 15.5 Å². The molecule has 0 aromatic rings. The second kappa shape index (κ2) is 10.4. The molecule has 1 saturated heterocycles. The normalized spacial score (nSPS) is 19.5. The maximum atomic E-state index is 12.2. The van der Waals surface area contributed by atoms with E-state index in [9.17, 15) is 38.0 Å². The maximum Gasteiger partial charge on any atom is 0.490 e. The van der Waals surface area contributed by atoms with Crippen LogP contribution in [0.15, 0.2) is 0 Å². The number of halogens is 3. The molecular weight excluding hydrogens is 409 g/mol. The van der Waals surface area contributed by atoms with Crippen molar-refractivity contribution in [1.82, 2.24) is 10.2 Å². The van der Waals surface area contributed by atoms with Gasteiger partial charge in [0, 0.05) is 13.1 Å². The third kappa shape index (κ3) is 7.05. The van der Waals surface area contributed by atoms with E-state index in [2.05, 4.69) is 5.32 Å². The first-order valence-corrected chi connectivity index (χ1v) is 8.00. The summed E-state index contributed by atoms with van der Waals surface area (Å²) in [5.41, 5.74) is 8.39. The van der Waals surface area contributed by atoms with Crippen LogP contribution in [0.25, 0.3) is 0 Å². The van der Waals surface area contributed by atoms with Gasteiger partial charge in [0.2, 0.25) is 5.91 Å². The monoisotopic (exact) mass is 430 g/mol. The van der Waals surface area contributed by atoms with Crippen LogP contribution in [0.3, 0.4) is 0 Å². The molecule has 0 aromatic carbocycles. The number of alkyl halides is 3. The molecule has 0 aromatic heterocycles. The molecule has 0 radical (unpaired) electrons. The number of carboxylic acids is 2. The van der Waals surface area contributed by atoms with Crippen molar-refractivity contribution in [2.45, 2.75) is 43.6 Å². The highest BCUT2D eigenvalue weighted by atomic mass is 19.4. The van der Waals surface area contributed by atoms with E-state index in [4.69, 9.17) is 26.8 Å². The SMILES string of the molecule is N=C(N)NCCC[C@H](N)C(=O)N1CCC[C@]1(C(=O)O)[N+](=O)[O-].O=C(O)C(F)(F)F. The number of hydrogen-bond donors (Lipinski definition) is 6. The predicted molar refractivity (Wildman–Crippen MR) is 89.1 cm³/mol. The fourth-order valence-electron chi connectivity index (χ4n) is 2.46. The van der Waals surface area contributed by atoms with Crippen LogP contribution in [-0.4, -0.2) is 74.8 Å². The molecule has 1 aliphatic heterocycles. The summed E-state index contributed by atoms with van der Waals surface area (Å²) in [5.74, 6) is -5.38. The van der Waals surface area contributed by atoms with E-state index in [1.54, 1.807) is 0 Å². The predicted octanol–water partition coefficient (Wildman–Crippen LogP) is -1.11. The van der Waals surface area contributed by atoms with Gasteiger partial charge in [-0.3, -0.25) is 25.2 Å². The molecular formula is C13H21F3N6O7. The summed E-state index contributed by atoms with van der Waals surface area (Å²) in [6.45, 7) is 0.321. The van der Waals surface area contributed by atoms with E-state index in [1.165, 1.54) is 0 Å². The molecule has 29 heavy (non-hydrogen) atoms. The Hall–Kier alpha value is -3.17. The zero-order valence-corrected chi connectivity index (χ0v) is 14.9. The average Bonchev–Trinajstić information content (AvgIpc) is 3.03. The molecule has 1 heterocycles. The highest BCUT2D eigenvalue weighted by Crippen LogP contribution is 2.31. The van der Waals surface area contributed by atoms with E-state index < -0.39 is 40.7 Å². The zero-order chi connectivity index (χ0) is 23.0. The van der Waals surface area contributed by atoms with Crippen LogP contribution in [-0.2, 0) is 14.4 Å². The minimum Gasteiger partial charge on any atom is -0.475 e. The van der Waals surface area contributed by atoms with Crippen LogP contribution in [0.2, 0.25) is 0 Å². The quantitative estimate of drug-likeness (QED) is 0.0938. The number of carboxylic acid groups (broad SMARTS) is 2. The van der Waals surface area contributed by atoms with Crippen molar-refractivity contribution in [3.05, 3.63) is 10.1 Å². The first-order valence-electron chi connectivity index (χ1n) is 8.00. The number of carbonyl (C=O) groups is 3. The number of amides is 1. The van der Waals surface area contributed by atoms with Gasteiger partial charge in [-0.1, -0.05) is 0 Å². The topological polar surface area (TPSA) is 226 Å². The van der Waals surface area contributed by atoms with Crippen LogP contribution in [0.5, 0.6) is 0 Å². The average molecular weight is 430 g/mol. The van der Waals surface area contributed by atoms with Crippen molar-refractivity contribution in [3.8, 4) is 0 Å². The molecule has 2 atom stereocenters. The van der Waals surface area contributed by atoms with Crippen molar-refractivity contribution in [1.29, 1.82) is 5.41 Å². The highest BCUT2D eigenvalue weighted by molar-refractivity contribution is 5.89. The Morgan fingerprint density at radius 1 is 1.34 bits per heavy atom. The van der Waals surface area contributed by atoms with Crippen LogP contribution in [0.1, 0.15) is 25.7 Å².